The Labute approximate surface area is 141 Å². The molecule has 0 spiro atoms. The van der Waals surface area contributed by atoms with Crippen LogP contribution in [0.4, 0.5) is 0 Å². The third-order valence-electron chi connectivity index (χ3n) is 4.01. The van der Waals surface area contributed by atoms with Crippen LogP contribution >= 0.6 is 11.6 Å². The number of Topliss-reactive ketones (excluding diaryl/α,β-unsaturated/α-hetero) is 1. The van der Waals surface area contributed by atoms with Gasteiger partial charge in [-0.15, -0.1) is 11.6 Å². The van der Waals surface area contributed by atoms with Gasteiger partial charge in [-0.3, -0.25) is 14.4 Å². The van der Waals surface area contributed by atoms with Gasteiger partial charge in [-0.05, 0) is 37.5 Å². The van der Waals surface area contributed by atoms with E-state index in [0.717, 1.165) is 24.9 Å². The minimum Gasteiger partial charge on any atom is -0.345 e. The molecule has 6 heteroatoms. The van der Waals surface area contributed by atoms with E-state index in [9.17, 15) is 14.4 Å². The lowest BCUT2D eigenvalue weighted by Gasteiger charge is -2.32. The Morgan fingerprint density at radius 2 is 2.13 bits per heavy atom. The molecule has 1 heterocycles. The molecule has 1 unspecified atom stereocenters. The Hall–Kier alpha value is -1.88. The summed E-state index contributed by atoms with van der Waals surface area (Å²) < 4.78 is 0. The number of carbonyl (C=O) groups excluding carboxylic acids is 3. The van der Waals surface area contributed by atoms with E-state index < -0.39 is 0 Å². The van der Waals surface area contributed by atoms with Crippen LogP contribution in [-0.4, -0.2) is 48.0 Å². The molecule has 2 amide bonds. The molecule has 124 valence electrons. The number of benzene rings is 1. The van der Waals surface area contributed by atoms with Crippen molar-refractivity contribution in [3.63, 3.8) is 0 Å². The summed E-state index contributed by atoms with van der Waals surface area (Å²) in [5.41, 5.74) is 1.57. The maximum atomic E-state index is 12.1. The second kappa shape index (κ2) is 8.11. The van der Waals surface area contributed by atoms with Crippen molar-refractivity contribution in [2.45, 2.75) is 25.7 Å². The molecule has 5 nitrogen and oxygen atoms in total. The van der Waals surface area contributed by atoms with Gasteiger partial charge in [-0.2, -0.15) is 0 Å². The number of alkyl halides is 1. The number of halogens is 1. The zero-order valence-electron chi connectivity index (χ0n) is 13.2. The van der Waals surface area contributed by atoms with E-state index in [2.05, 4.69) is 5.32 Å². The molecule has 0 bridgehead atoms. The van der Waals surface area contributed by atoms with Crippen LogP contribution < -0.4 is 5.32 Å². The van der Waals surface area contributed by atoms with Crippen molar-refractivity contribution in [3.8, 4) is 0 Å². The number of hydrogen-bond acceptors (Lipinski definition) is 3. The van der Waals surface area contributed by atoms with E-state index in [0.29, 0.717) is 12.1 Å². The van der Waals surface area contributed by atoms with Crippen LogP contribution in [0.15, 0.2) is 24.3 Å². The Kier molecular flexibility index (Phi) is 6.16. The molecule has 1 saturated heterocycles. The second-order valence-electron chi connectivity index (χ2n) is 5.82. The number of hydrogen-bond donors (Lipinski definition) is 1. The zero-order chi connectivity index (χ0) is 16.8. The fraction of sp³-hybridized carbons (Fsp3) is 0.471. The van der Waals surface area contributed by atoms with Crippen molar-refractivity contribution < 1.29 is 14.4 Å². The summed E-state index contributed by atoms with van der Waals surface area (Å²) in [4.78, 5) is 36.6. The van der Waals surface area contributed by atoms with Gasteiger partial charge < -0.3 is 10.2 Å². The lowest BCUT2D eigenvalue weighted by Crippen LogP contribution is -2.39. The Bertz CT molecular complexity index is 603. The Morgan fingerprint density at radius 1 is 1.35 bits per heavy atom. The van der Waals surface area contributed by atoms with Crippen molar-refractivity contribution >= 4 is 29.2 Å². The lowest BCUT2D eigenvalue weighted by molar-refractivity contribution is -0.129. The fourth-order valence-corrected chi connectivity index (χ4v) is 2.97. The molecule has 1 fully saturated rings. The predicted molar refractivity (Wildman–Crippen MR) is 88.7 cm³/mol. The van der Waals surface area contributed by atoms with E-state index in [4.69, 9.17) is 11.6 Å². The van der Waals surface area contributed by atoms with E-state index in [1.165, 1.54) is 6.92 Å². The largest absolute Gasteiger partial charge is 0.345 e. The summed E-state index contributed by atoms with van der Waals surface area (Å²) in [6, 6.07) is 7.37. The molecule has 23 heavy (non-hydrogen) atoms. The van der Waals surface area contributed by atoms with Crippen LogP contribution in [0.3, 0.4) is 0 Å². The van der Waals surface area contributed by atoms with E-state index in [1.54, 1.807) is 11.0 Å². The van der Waals surface area contributed by atoms with Crippen LogP contribution in [0.25, 0.3) is 0 Å². The zero-order valence-corrected chi connectivity index (χ0v) is 13.9. The minimum atomic E-state index is -0.258. The number of rotatable bonds is 5. The van der Waals surface area contributed by atoms with Gasteiger partial charge in [0.15, 0.2) is 0 Å². The number of amides is 2. The number of ketones is 1. The van der Waals surface area contributed by atoms with Gasteiger partial charge in [-0.25, -0.2) is 0 Å². The molecular weight excluding hydrogens is 316 g/mol. The molecular formula is C17H21ClN2O3. The number of nitrogens with zero attached hydrogens (tertiary/aromatic N) is 1. The molecule has 1 aliphatic heterocycles. The van der Waals surface area contributed by atoms with Crippen LogP contribution in [0.2, 0.25) is 0 Å². The highest BCUT2D eigenvalue weighted by Crippen LogP contribution is 2.27. The number of carbonyl (C=O) groups is 3. The Morgan fingerprint density at radius 3 is 2.83 bits per heavy atom. The van der Waals surface area contributed by atoms with Gasteiger partial charge in [0.25, 0.3) is 5.91 Å². The van der Waals surface area contributed by atoms with Gasteiger partial charge in [0.2, 0.25) is 5.91 Å². The predicted octanol–water partition coefficient (Wildman–Crippen LogP) is 1.95. The molecule has 2 rings (SSSR count). The first kappa shape index (κ1) is 17.5. The maximum Gasteiger partial charge on any atom is 0.251 e. The van der Waals surface area contributed by atoms with Crippen molar-refractivity contribution in [2.24, 2.45) is 0 Å². The van der Waals surface area contributed by atoms with Gasteiger partial charge in [0.05, 0.1) is 6.54 Å². The van der Waals surface area contributed by atoms with Crippen molar-refractivity contribution in [3.05, 3.63) is 35.4 Å². The quantitative estimate of drug-likeness (QED) is 0.836. The Balaban J connectivity index is 2.08. The van der Waals surface area contributed by atoms with Crippen LogP contribution in [-0.2, 0) is 9.59 Å². The normalized spacial score (nSPS) is 17.7. The molecule has 1 aromatic carbocycles. The van der Waals surface area contributed by atoms with Crippen LogP contribution in [0.5, 0.6) is 0 Å². The van der Waals surface area contributed by atoms with E-state index in [-0.39, 0.29) is 35.9 Å². The topological polar surface area (TPSA) is 66.5 Å². The van der Waals surface area contributed by atoms with Crippen molar-refractivity contribution in [2.75, 3.05) is 25.5 Å². The first-order valence-corrected chi connectivity index (χ1v) is 8.26. The summed E-state index contributed by atoms with van der Waals surface area (Å²) in [6.45, 7) is 2.83. The van der Waals surface area contributed by atoms with Crippen molar-refractivity contribution in [1.29, 1.82) is 0 Å². The third-order valence-corrected chi connectivity index (χ3v) is 4.24. The van der Waals surface area contributed by atoms with Gasteiger partial charge >= 0.3 is 0 Å². The average molecular weight is 337 g/mol. The second-order valence-corrected chi connectivity index (χ2v) is 6.09. The standard InChI is InChI=1S/C17H21ClN2O3/c1-12(21)10-19-17(23)14-5-2-4-13(8-14)15-6-3-7-20(11-15)16(22)9-18/h2,4-5,8,15H,3,6-7,9-11H2,1H3,(H,19,23). The van der Waals surface area contributed by atoms with E-state index >= 15 is 0 Å². The molecule has 1 N–H and O–H groups in total. The van der Waals surface area contributed by atoms with Gasteiger partial charge in [0.1, 0.15) is 11.7 Å². The molecule has 0 aliphatic carbocycles. The molecule has 1 aliphatic rings. The number of piperidine rings is 1. The molecule has 0 radical (unpaired) electrons. The summed E-state index contributed by atoms with van der Waals surface area (Å²) in [5, 5.41) is 2.59. The summed E-state index contributed by atoms with van der Waals surface area (Å²) in [7, 11) is 0. The highest BCUT2D eigenvalue weighted by atomic mass is 35.5. The first-order valence-electron chi connectivity index (χ1n) is 7.72. The van der Waals surface area contributed by atoms with Gasteiger partial charge in [-0.1, -0.05) is 12.1 Å². The van der Waals surface area contributed by atoms with Crippen LogP contribution in [0.1, 0.15) is 41.6 Å². The summed E-state index contributed by atoms with van der Waals surface area (Å²) in [6.07, 6.45) is 1.90. The maximum absolute atomic E-state index is 12.1. The molecule has 1 aromatic rings. The smallest absolute Gasteiger partial charge is 0.251 e. The number of nitrogens with one attached hydrogen (secondary N) is 1. The third kappa shape index (κ3) is 4.79. The monoisotopic (exact) mass is 336 g/mol. The van der Waals surface area contributed by atoms with E-state index in [1.807, 2.05) is 18.2 Å². The summed E-state index contributed by atoms with van der Waals surface area (Å²) >= 11 is 5.63. The molecule has 0 aromatic heterocycles. The highest BCUT2D eigenvalue weighted by Gasteiger charge is 2.24. The highest BCUT2D eigenvalue weighted by molar-refractivity contribution is 6.27. The summed E-state index contributed by atoms with van der Waals surface area (Å²) in [5.74, 6) is -0.188. The van der Waals surface area contributed by atoms with Crippen molar-refractivity contribution in [1.82, 2.24) is 10.2 Å². The molecule has 0 saturated carbocycles. The number of likely N-dealkylation sites (tertiary alicyclic amines) is 1. The minimum absolute atomic E-state index is 0.000210. The SMILES string of the molecule is CC(=O)CNC(=O)c1cccc(C2CCCN(C(=O)CCl)C2)c1. The lowest BCUT2D eigenvalue weighted by atomic mass is 9.89. The average Bonchev–Trinajstić information content (AvgIpc) is 2.59. The first-order chi connectivity index (χ1) is 11.0. The molecule has 1 atom stereocenters. The fourth-order valence-electron chi connectivity index (χ4n) is 2.80. The van der Waals surface area contributed by atoms with Gasteiger partial charge in [0, 0.05) is 24.6 Å². The van der Waals surface area contributed by atoms with Crippen LogP contribution in [0, 0.1) is 0 Å².